The molecule has 1 rings (SSSR count). The Bertz CT molecular complexity index is 389. The van der Waals surface area contributed by atoms with Crippen molar-refractivity contribution in [3.05, 3.63) is 0 Å². The van der Waals surface area contributed by atoms with E-state index in [2.05, 4.69) is 27.2 Å². The average molecular weight is 283 g/mol. The van der Waals surface area contributed by atoms with Gasteiger partial charge in [0.2, 0.25) is 11.9 Å². The van der Waals surface area contributed by atoms with Crippen LogP contribution in [0.1, 0.15) is 32.6 Å². The number of methoxy groups -OCH3 is 1. The van der Waals surface area contributed by atoms with Gasteiger partial charge in [0, 0.05) is 26.7 Å². The first-order valence-electron chi connectivity index (χ1n) is 7.07. The third kappa shape index (κ3) is 5.56. The van der Waals surface area contributed by atoms with Crippen LogP contribution in [0.5, 0.6) is 6.01 Å². The smallest absolute Gasteiger partial charge is 0.322 e. The van der Waals surface area contributed by atoms with Crippen molar-refractivity contribution < 1.29 is 9.84 Å². The molecule has 20 heavy (non-hydrogen) atoms. The first kappa shape index (κ1) is 16.4. The number of nitrogens with one attached hydrogen (secondary N) is 1. The van der Waals surface area contributed by atoms with E-state index in [-0.39, 0.29) is 6.61 Å². The third-order valence-electron chi connectivity index (χ3n) is 2.81. The number of anilines is 2. The van der Waals surface area contributed by atoms with Gasteiger partial charge in [-0.1, -0.05) is 6.92 Å². The second kappa shape index (κ2) is 9.30. The zero-order valence-corrected chi connectivity index (χ0v) is 12.6. The van der Waals surface area contributed by atoms with E-state index in [0.29, 0.717) is 17.9 Å². The van der Waals surface area contributed by atoms with Crippen LogP contribution >= 0.6 is 0 Å². The topological polar surface area (TPSA) is 83.4 Å². The van der Waals surface area contributed by atoms with Gasteiger partial charge in [-0.15, -0.1) is 0 Å². The lowest BCUT2D eigenvalue weighted by molar-refractivity contribution is 0.283. The van der Waals surface area contributed by atoms with Crippen molar-refractivity contribution in [1.29, 1.82) is 0 Å². The lowest BCUT2D eigenvalue weighted by Crippen LogP contribution is -2.22. The molecule has 0 spiro atoms. The largest absolute Gasteiger partial charge is 0.467 e. The van der Waals surface area contributed by atoms with Gasteiger partial charge < -0.3 is 20.1 Å². The molecule has 2 N–H and O–H groups in total. The highest BCUT2D eigenvalue weighted by atomic mass is 16.5. The zero-order valence-electron chi connectivity index (χ0n) is 12.6. The number of aromatic nitrogens is 3. The molecular formula is C13H25N5O2. The molecule has 0 fully saturated rings. The van der Waals surface area contributed by atoms with Gasteiger partial charge >= 0.3 is 6.01 Å². The van der Waals surface area contributed by atoms with Crippen LogP contribution in [-0.4, -0.2) is 53.9 Å². The van der Waals surface area contributed by atoms with E-state index >= 15 is 0 Å². The number of hydrogen-bond acceptors (Lipinski definition) is 7. The van der Waals surface area contributed by atoms with Crippen molar-refractivity contribution >= 4 is 11.9 Å². The molecule has 114 valence electrons. The fourth-order valence-electron chi connectivity index (χ4n) is 1.66. The molecule has 1 aromatic heterocycles. The molecule has 0 unspecified atom stereocenters. The Balaban J connectivity index is 2.66. The molecule has 0 aliphatic rings. The first-order valence-corrected chi connectivity index (χ1v) is 7.07. The van der Waals surface area contributed by atoms with Crippen molar-refractivity contribution in [2.45, 2.75) is 32.6 Å². The Morgan fingerprint density at radius 1 is 1.20 bits per heavy atom. The van der Waals surface area contributed by atoms with Crippen LogP contribution in [0.4, 0.5) is 11.9 Å². The number of aliphatic hydroxyl groups is 1. The highest BCUT2D eigenvalue weighted by Crippen LogP contribution is 2.14. The summed E-state index contributed by atoms with van der Waals surface area (Å²) in [4.78, 5) is 14.8. The minimum atomic E-state index is 0.244. The molecule has 0 aliphatic carbocycles. The fourth-order valence-corrected chi connectivity index (χ4v) is 1.66. The van der Waals surface area contributed by atoms with E-state index in [9.17, 15) is 0 Å². The van der Waals surface area contributed by atoms with Gasteiger partial charge in [-0.3, -0.25) is 0 Å². The number of hydrogen-bond donors (Lipinski definition) is 2. The molecule has 7 nitrogen and oxygen atoms in total. The summed E-state index contributed by atoms with van der Waals surface area (Å²) in [7, 11) is 3.49. The number of unbranched alkanes of at least 4 members (excludes halogenated alkanes) is 2. The Morgan fingerprint density at radius 3 is 2.65 bits per heavy atom. The van der Waals surface area contributed by atoms with Crippen molar-refractivity contribution in [2.75, 3.05) is 44.1 Å². The van der Waals surface area contributed by atoms with E-state index < -0.39 is 0 Å². The molecule has 0 bridgehead atoms. The molecule has 0 radical (unpaired) electrons. The summed E-state index contributed by atoms with van der Waals surface area (Å²) in [6.45, 7) is 3.97. The fraction of sp³-hybridized carbons (Fsp3) is 0.769. The highest BCUT2D eigenvalue weighted by molar-refractivity contribution is 5.37. The van der Waals surface area contributed by atoms with E-state index in [4.69, 9.17) is 9.84 Å². The van der Waals surface area contributed by atoms with Crippen LogP contribution in [0.3, 0.4) is 0 Å². The van der Waals surface area contributed by atoms with Crippen LogP contribution in [0, 0.1) is 0 Å². The van der Waals surface area contributed by atoms with Crippen LogP contribution in [0.2, 0.25) is 0 Å². The first-order chi connectivity index (χ1) is 9.71. The Labute approximate surface area is 120 Å². The summed E-state index contributed by atoms with van der Waals surface area (Å²) < 4.78 is 5.11. The van der Waals surface area contributed by atoms with Gasteiger partial charge in [-0.2, -0.15) is 15.0 Å². The zero-order chi connectivity index (χ0) is 14.8. The van der Waals surface area contributed by atoms with Gasteiger partial charge in [-0.25, -0.2) is 0 Å². The molecule has 1 aromatic rings. The maximum Gasteiger partial charge on any atom is 0.322 e. The van der Waals surface area contributed by atoms with Gasteiger partial charge in [-0.05, 0) is 25.7 Å². The number of aliphatic hydroxyl groups excluding tert-OH is 1. The molecule has 0 atom stereocenters. The van der Waals surface area contributed by atoms with Gasteiger partial charge in [0.1, 0.15) is 0 Å². The van der Waals surface area contributed by atoms with E-state index in [0.717, 1.165) is 38.8 Å². The third-order valence-corrected chi connectivity index (χ3v) is 2.81. The van der Waals surface area contributed by atoms with Crippen molar-refractivity contribution in [3.8, 4) is 6.01 Å². The normalized spacial score (nSPS) is 10.4. The molecule has 0 aromatic carbocycles. The molecule has 1 heterocycles. The van der Waals surface area contributed by atoms with E-state index in [1.165, 1.54) is 0 Å². The minimum Gasteiger partial charge on any atom is -0.467 e. The average Bonchev–Trinajstić information content (AvgIpc) is 2.48. The van der Waals surface area contributed by atoms with E-state index in [1.54, 1.807) is 7.11 Å². The second-order valence-electron chi connectivity index (χ2n) is 4.58. The predicted molar refractivity (Wildman–Crippen MR) is 79.4 cm³/mol. The number of nitrogens with zero attached hydrogens (tertiary/aromatic N) is 4. The van der Waals surface area contributed by atoms with Crippen LogP contribution in [0.25, 0.3) is 0 Å². The highest BCUT2D eigenvalue weighted by Gasteiger charge is 2.10. The standard InChI is InChI=1S/C13H25N5O2/c1-4-8-14-11-15-12(17-13(16-11)20-3)18(2)9-6-5-7-10-19/h19H,4-10H2,1-3H3,(H,14,15,16,17). The maximum absolute atomic E-state index is 8.76. The Kier molecular flexibility index (Phi) is 7.64. The lowest BCUT2D eigenvalue weighted by atomic mass is 10.2. The monoisotopic (exact) mass is 283 g/mol. The SMILES string of the molecule is CCCNc1nc(OC)nc(N(C)CCCCCO)n1. The molecule has 7 heteroatoms. The van der Waals surface area contributed by atoms with Crippen molar-refractivity contribution in [2.24, 2.45) is 0 Å². The van der Waals surface area contributed by atoms with E-state index in [1.807, 2.05) is 11.9 Å². The molecular weight excluding hydrogens is 258 g/mol. The molecule has 0 amide bonds. The van der Waals surface area contributed by atoms with Gasteiger partial charge in [0.15, 0.2) is 0 Å². The summed E-state index contributed by atoms with van der Waals surface area (Å²) in [5.74, 6) is 1.13. The lowest BCUT2D eigenvalue weighted by Gasteiger charge is -2.17. The molecule has 0 aliphatic heterocycles. The quantitative estimate of drug-likeness (QED) is 0.626. The van der Waals surface area contributed by atoms with Crippen LogP contribution < -0.4 is 15.0 Å². The Hall–Kier alpha value is -1.63. The number of rotatable bonds is 10. The summed E-state index contributed by atoms with van der Waals surface area (Å²) >= 11 is 0. The van der Waals surface area contributed by atoms with Crippen LogP contribution in [-0.2, 0) is 0 Å². The maximum atomic E-state index is 8.76. The summed E-state index contributed by atoms with van der Waals surface area (Å²) in [6, 6.07) is 0.316. The summed E-state index contributed by atoms with van der Waals surface area (Å²) in [5, 5.41) is 11.9. The number of ether oxygens (including phenoxy) is 1. The second-order valence-corrected chi connectivity index (χ2v) is 4.58. The van der Waals surface area contributed by atoms with Crippen LogP contribution in [0.15, 0.2) is 0 Å². The molecule has 0 saturated heterocycles. The van der Waals surface area contributed by atoms with Crippen molar-refractivity contribution in [1.82, 2.24) is 15.0 Å². The van der Waals surface area contributed by atoms with Gasteiger partial charge in [0.25, 0.3) is 0 Å². The minimum absolute atomic E-state index is 0.244. The summed E-state index contributed by atoms with van der Waals surface area (Å²) in [6.07, 6.45) is 3.81. The summed E-state index contributed by atoms with van der Waals surface area (Å²) in [5.41, 5.74) is 0. The Morgan fingerprint density at radius 2 is 2.00 bits per heavy atom. The van der Waals surface area contributed by atoms with Crippen molar-refractivity contribution in [3.63, 3.8) is 0 Å². The molecule has 0 saturated carbocycles. The van der Waals surface area contributed by atoms with Gasteiger partial charge in [0.05, 0.1) is 7.11 Å². The predicted octanol–water partition coefficient (Wildman–Crippen LogP) is 1.30.